The number of amides is 1. The Labute approximate surface area is 172 Å². The van der Waals surface area contributed by atoms with Crippen LogP contribution in [0.1, 0.15) is 61.1 Å². The van der Waals surface area contributed by atoms with Gasteiger partial charge in [-0.15, -0.1) is 0 Å². The molecule has 154 valence electrons. The third-order valence-electron chi connectivity index (χ3n) is 6.17. The molecule has 2 aromatic rings. The van der Waals surface area contributed by atoms with E-state index in [-0.39, 0.29) is 12.5 Å². The summed E-state index contributed by atoms with van der Waals surface area (Å²) in [5.74, 6) is 0.478. The molecule has 1 saturated heterocycles. The number of hydrogen-bond acceptors (Lipinski definition) is 4. The Morgan fingerprint density at radius 1 is 1.07 bits per heavy atom. The van der Waals surface area contributed by atoms with Crippen LogP contribution in [0, 0.1) is 11.8 Å². The number of esters is 1. The zero-order valence-electron chi connectivity index (χ0n) is 17.4. The van der Waals surface area contributed by atoms with Gasteiger partial charge in [-0.3, -0.25) is 9.78 Å². The lowest BCUT2D eigenvalue weighted by atomic mass is 9.92. The summed E-state index contributed by atoms with van der Waals surface area (Å²) in [4.78, 5) is 32.5. The average Bonchev–Trinajstić information content (AvgIpc) is 2.94. The van der Waals surface area contributed by atoms with Gasteiger partial charge in [0.25, 0.3) is 5.91 Å². The topological polar surface area (TPSA) is 59.5 Å². The summed E-state index contributed by atoms with van der Waals surface area (Å²) >= 11 is 0. The number of likely N-dealkylation sites (tertiary alicyclic amines) is 1. The molecule has 1 amide bonds. The highest BCUT2D eigenvalue weighted by Crippen LogP contribution is 2.29. The smallest absolute Gasteiger partial charge is 0.339 e. The molecule has 1 aromatic heterocycles. The molecular formula is C24H30N2O3. The molecule has 1 fully saturated rings. The van der Waals surface area contributed by atoms with Crippen LogP contribution in [-0.2, 0) is 22.4 Å². The van der Waals surface area contributed by atoms with Gasteiger partial charge in [-0.2, -0.15) is 0 Å². The van der Waals surface area contributed by atoms with Crippen LogP contribution < -0.4 is 0 Å². The Morgan fingerprint density at radius 3 is 2.59 bits per heavy atom. The Bertz CT molecular complexity index is 914. The van der Waals surface area contributed by atoms with Crippen molar-refractivity contribution in [3.63, 3.8) is 0 Å². The fraction of sp³-hybridized carbons (Fsp3) is 0.542. The van der Waals surface area contributed by atoms with Crippen LogP contribution in [0.5, 0.6) is 0 Å². The van der Waals surface area contributed by atoms with E-state index in [4.69, 9.17) is 9.72 Å². The van der Waals surface area contributed by atoms with Gasteiger partial charge in [-0.05, 0) is 55.6 Å². The van der Waals surface area contributed by atoms with E-state index in [1.807, 2.05) is 29.2 Å². The molecule has 2 heterocycles. The highest BCUT2D eigenvalue weighted by atomic mass is 16.5. The predicted molar refractivity (Wildman–Crippen MR) is 113 cm³/mol. The normalized spacial score (nSPS) is 22.1. The van der Waals surface area contributed by atoms with Crippen molar-refractivity contribution < 1.29 is 14.3 Å². The van der Waals surface area contributed by atoms with Crippen LogP contribution in [0.3, 0.4) is 0 Å². The van der Waals surface area contributed by atoms with Gasteiger partial charge in [0, 0.05) is 24.2 Å². The molecule has 0 bridgehead atoms. The average molecular weight is 395 g/mol. The van der Waals surface area contributed by atoms with E-state index < -0.39 is 5.97 Å². The number of nitrogens with zero attached hydrogens (tertiary/aromatic N) is 2. The first-order valence-corrected chi connectivity index (χ1v) is 10.9. The summed E-state index contributed by atoms with van der Waals surface area (Å²) in [6.07, 6.45) is 6.16. The first-order chi connectivity index (χ1) is 14.0. The van der Waals surface area contributed by atoms with Gasteiger partial charge in [-0.1, -0.05) is 38.5 Å². The van der Waals surface area contributed by atoms with Gasteiger partial charge in [-0.25, -0.2) is 4.79 Å². The first-order valence-electron chi connectivity index (χ1n) is 10.9. The lowest BCUT2D eigenvalue weighted by Gasteiger charge is -2.34. The second kappa shape index (κ2) is 8.52. The van der Waals surface area contributed by atoms with Gasteiger partial charge in [0.2, 0.25) is 0 Å². The van der Waals surface area contributed by atoms with Gasteiger partial charge < -0.3 is 9.64 Å². The SMILES string of the molecule is CC1CC(C)CN(C(=O)COC(=O)c2c3c(nc4ccccc24)CCCCC3)C1. The van der Waals surface area contributed by atoms with Crippen molar-refractivity contribution in [1.82, 2.24) is 9.88 Å². The van der Waals surface area contributed by atoms with Crippen molar-refractivity contribution in [2.45, 2.75) is 52.4 Å². The molecule has 4 rings (SSSR count). The van der Waals surface area contributed by atoms with Crippen LogP contribution in [0.15, 0.2) is 24.3 Å². The van der Waals surface area contributed by atoms with Gasteiger partial charge in [0.15, 0.2) is 6.61 Å². The maximum Gasteiger partial charge on any atom is 0.339 e. The number of hydrogen-bond donors (Lipinski definition) is 0. The van der Waals surface area contributed by atoms with Crippen LogP contribution in [-0.4, -0.2) is 41.5 Å². The summed E-state index contributed by atoms with van der Waals surface area (Å²) < 4.78 is 5.57. The molecule has 0 radical (unpaired) electrons. The number of benzene rings is 1. The highest BCUT2D eigenvalue weighted by Gasteiger charge is 2.27. The third kappa shape index (κ3) is 4.29. The number of carbonyl (C=O) groups is 2. The van der Waals surface area contributed by atoms with Gasteiger partial charge in [0.05, 0.1) is 11.1 Å². The summed E-state index contributed by atoms with van der Waals surface area (Å²) in [6.45, 7) is 5.63. The standard InChI is InChI=1S/C24H30N2O3/c1-16-12-17(2)14-26(13-16)22(27)15-29-24(28)23-18-8-4-3-5-10-20(18)25-21-11-7-6-9-19(21)23/h6-7,9,11,16-17H,3-5,8,10,12-15H2,1-2H3. The lowest BCUT2D eigenvalue weighted by Crippen LogP contribution is -2.44. The van der Waals surface area contributed by atoms with Crippen LogP contribution in [0.2, 0.25) is 0 Å². The second-order valence-corrected chi connectivity index (χ2v) is 8.81. The Hall–Kier alpha value is -2.43. The molecule has 2 aliphatic rings. The van der Waals surface area contributed by atoms with Crippen molar-refractivity contribution in [3.05, 3.63) is 41.1 Å². The molecule has 0 spiro atoms. The van der Waals surface area contributed by atoms with Crippen LogP contribution >= 0.6 is 0 Å². The van der Waals surface area contributed by atoms with Crippen molar-refractivity contribution >= 4 is 22.8 Å². The zero-order valence-corrected chi connectivity index (χ0v) is 17.4. The monoisotopic (exact) mass is 394 g/mol. The number of para-hydroxylation sites is 1. The maximum absolute atomic E-state index is 13.1. The minimum Gasteiger partial charge on any atom is -0.452 e. The fourth-order valence-electron chi connectivity index (χ4n) is 4.94. The van der Waals surface area contributed by atoms with E-state index in [0.717, 1.165) is 73.8 Å². The second-order valence-electron chi connectivity index (χ2n) is 8.81. The molecular weight excluding hydrogens is 364 g/mol. The molecule has 2 unspecified atom stereocenters. The van der Waals surface area contributed by atoms with E-state index in [9.17, 15) is 9.59 Å². The Kier molecular flexibility index (Phi) is 5.84. The summed E-state index contributed by atoms with van der Waals surface area (Å²) in [5.41, 5.74) is 3.46. The number of carbonyl (C=O) groups excluding carboxylic acids is 2. The Balaban J connectivity index is 1.57. The maximum atomic E-state index is 13.1. The van der Waals surface area contributed by atoms with Crippen molar-refractivity contribution in [1.29, 1.82) is 0 Å². The Morgan fingerprint density at radius 2 is 1.79 bits per heavy atom. The number of ether oxygens (including phenoxy) is 1. The molecule has 0 N–H and O–H groups in total. The molecule has 1 aliphatic heterocycles. The van der Waals surface area contributed by atoms with E-state index in [2.05, 4.69) is 13.8 Å². The quantitative estimate of drug-likeness (QED) is 0.579. The van der Waals surface area contributed by atoms with Crippen molar-refractivity contribution in [2.75, 3.05) is 19.7 Å². The van der Waals surface area contributed by atoms with Crippen molar-refractivity contribution in [3.8, 4) is 0 Å². The molecule has 5 heteroatoms. The van der Waals surface area contributed by atoms with E-state index in [1.165, 1.54) is 0 Å². The fourth-order valence-corrected chi connectivity index (χ4v) is 4.94. The van der Waals surface area contributed by atoms with E-state index in [0.29, 0.717) is 17.4 Å². The van der Waals surface area contributed by atoms with Gasteiger partial charge in [0.1, 0.15) is 0 Å². The summed E-state index contributed by atoms with van der Waals surface area (Å²) in [6, 6.07) is 7.74. The summed E-state index contributed by atoms with van der Waals surface area (Å²) in [7, 11) is 0. The molecule has 29 heavy (non-hydrogen) atoms. The molecule has 1 aromatic carbocycles. The van der Waals surface area contributed by atoms with Gasteiger partial charge >= 0.3 is 5.97 Å². The number of pyridine rings is 1. The number of aromatic nitrogens is 1. The minimum atomic E-state index is -0.395. The minimum absolute atomic E-state index is 0.0961. The lowest BCUT2D eigenvalue weighted by molar-refractivity contribution is -0.137. The number of piperidine rings is 1. The van der Waals surface area contributed by atoms with Crippen molar-refractivity contribution in [2.24, 2.45) is 11.8 Å². The number of aryl methyl sites for hydroxylation is 1. The summed E-state index contributed by atoms with van der Waals surface area (Å²) in [5, 5.41) is 0.825. The van der Waals surface area contributed by atoms with E-state index >= 15 is 0 Å². The molecule has 2 atom stereocenters. The zero-order chi connectivity index (χ0) is 20.4. The molecule has 5 nitrogen and oxygen atoms in total. The number of rotatable bonds is 3. The molecule has 0 saturated carbocycles. The van der Waals surface area contributed by atoms with Crippen LogP contribution in [0.4, 0.5) is 0 Å². The van der Waals surface area contributed by atoms with Crippen LogP contribution in [0.25, 0.3) is 10.9 Å². The predicted octanol–water partition coefficient (Wildman–Crippen LogP) is 4.17. The molecule has 1 aliphatic carbocycles. The first kappa shape index (κ1) is 19.9. The highest BCUT2D eigenvalue weighted by molar-refractivity contribution is 6.05. The number of fused-ring (bicyclic) bond motifs is 2. The largest absolute Gasteiger partial charge is 0.452 e. The van der Waals surface area contributed by atoms with E-state index in [1.54, 1.807) is 0 Å². The third-order valence-corrected chi connectivity index (χ3v) is 6.17.